The van der Waals surface area contributed by atoms with E-state index >= 15 is 0 Å². The van der Waals surface area contributed by atoms with Gasteiger partial charge in [0.1, 0.15) is 5.82 Å². The molecule has 1 aromatic carbocycles. The largest absolute Gasteiger partial charge is 0.416 e. The number of rotatable bonds is 3. The van der Waals surface area contributed by atoms with Gasteiger partial charge in [0.25, 0.3) is 5.91 Å². The van der Waals surface area contributed by atoms with Crippen molar-refractivity contribution < 1.29 is 22.4 Å². The Morgan fingerprint density at radius 1 is 1.15 bits per heavy atom. The minimum Gasteiger partial charge on any atom is -0.304 e. The number of benzene rings is 1. The second kappa shape index (κ2) is 6.71. The van der Waals surface area contributed by atoms with E-state index in [0.29, 0.717) is 17.3 Å². The van der Waals surface area contributed by atoms with Crippen LogP contribution in [0.3, 0.4) is 0 Å². The van der Waals surface area contributed by atoms with Crippen LogP contribution >= 0.6 is 11.8 Å². The highest BCUT2D eigenvalue weighted by Gasteiger charge is 2.66. The van der Waals surface area contributed by atoms with Gasteiger partial charge in [0.15, 0.2) is 5.17 Å². The molecule has 2 aromatic rings. The highest BCUT2D eigenvalue weighted by atomic mass is 32.2. The lowest BCUT2D eigenvalue weighted by molar-refractivity contribution is -0.171. The molecule has 1 N–H and O–H groups in total. The van der Waals surface area contributed by atoms with E-state index in [1.807, 2.05) is 0 Å². The number of amides is 1. The molecule has 0 aliphatic carbocycles. The number of carbonyl (C=O) groups excluding carboxylic acids is 1. The van der Waals surface area contributed by atoms with Crippen LogP contribution in [0, 0.1) is 5.82 Å². The first-order valence-electron chi connectivity index (χ1n) is 7.55. The molecule has 2 atom stereocenters. The molecule has 9 heteroatoms. The van der Waals surface area contributed by atoms with Crippen LogP contribution in [0.4, 0.5) is 17.6 Å². The summed E-state index contributed by atoms with van der Waals surface area (Å²) in [6.45, 7) is 1.65. The summed E-state index contributed by atoms with van der Waals surface area (Å²) in [5.41, 5.74) is 0.393. The number of alkyl halides is 3. The normalized spacial score (nSPS) is 23.1. The number of carbonyl (C=O) groups is 1. The first-order chi connectivity index (χ1) is 12.2. The molecule has 0 spiro atoms. The van der Waals surface area contributed by atoms with E-state index in [1.54, 1.807) is 6.92 Å². The highest BCUT2D eigenvalue weighted by Crippen LogP contribution is 2.53. The number of pyridine rings is 1. The van der Waals surface area contributed by atoms with Crippen LogP contribution in [0.2, 0.25) is 0 Å². The van der Waals surface area contributed by atoms with Gasteiger partial charge in [0.2, 0.25) is 4.75 Å². The maximum Gasteiger partial charge on any atom is 0.416 e. The van der Waals surface area contributed by atoms with Crippen molar-refractivity contribution in [2.75, 3.05) is 0 Å². The van der Waals surface area contributed by atoms with Gasteiger partial charge in [-0.1, -0.05) is 23.9 Å². The molecule has 0 radical (unpaired) electrons. The minimum absolute atomic E-state index is 0.138. The number of hydrogen-bond acceptors (Lipinski definition) is 4. The van der Waals surface area contributed by atoms with Crippen LogP contribution in [0.5, 0.6) is 0 Å². The van der Waals surface area contributed by atoms with Crippen LogP contribution in [-0.4, -0.2) is 22.2 Å². The van der Waals surface area contributed by atoms with Gasteiger partial charge in [-0.2, -0.15) is 13.2 Å². The Hall–Kier alpha value is -2.42. The molecule has 0 saturated carbocycles. The molecule has 1 fully saturated rings. The maximum absolute atomic E-state index is 13.8. The van der Waals surface area contributed by atoms with E-state index in [4.69, 9.17) is 0 Å². The van der Waals surface area contributed by atoms with Crippen molar-refractivity contribution in [3.05, 3.63) is 65.7 Å². The Balaban J connectivity index is 1.96. The predicted molar refractivity (Wildman–Crippen MR) is 90.0 cm³/mol. The van der Waals surface area contributed by atoms with E-state index in [0.717, 1.165) is 12.1 Å². The standard InChI is InChI=1S/C17H13F4N3OS/c1-10(11-2-4-13(18)5-3-11)23-15-24-14(25)16(26-15,17(19,20)21)12-6-8-22-9-7-12/h2-10H,1H3,(H,23,24,25)/t10-,16?/m0/s1. The summed E-state index contributed by atoms with van der Waals surface area (Å²) in [7, 11) is 0. The molecular weight excluding hydrogens is 370 g/mol. The van der Waals surface area contributed by atoms with E-state index in [9.17, 15) is 22.4 Å². The molecule has 2 heterocycles. The van der Waals surface area contributed by atoms with Crippen molar-refractivity contribution in [2.45, 2.75) is 23.9 Å². The van der Waals surface area contributed by atoms with Gasteiger partial charge in [0.05, 0.1) is 6.04 Å². The van der Waals surface area contributed by atoms with Crippen molar-refractivity contribution in [3.8, 4) is 0 Å². The molecule has 26 heavy (non-hydrogen) atoms. The molecule has 4 nitrogen and oxygen atoms in total. The minimum atomic E-state index is -4.83. The van der Waals surface area contributed by atoms with Crippen LogP contribution in [0.25, 0.3) is 0 Å². The third-order valence-corrected chi connectivity index (χ3v) is 5.30. The molecule has 1 aliphatic rings. The zero-order chi connectivity index (χ0) is 18.9. The Labute approximate surface area is 150 Å². The summed E-state index contributed by atoms with van der Waals surface area (Å²) in [6.07, 6.45) is -2.43. The van der Waals surface area contributed by atoms with Gasteiger partial charge < -0.3 is 5.32 Å². The molecule has 1 unspecified atom stereocenters. The van der Waals surface area contributed by atoms with Gasteiger partial charge in [0, 0.05) is 12.4 Å². The van der Waals surface area contributed by atoms with E-state index in [1.165, 1.54) is 36.7 Å². The van der Waals surface area contributed by atoms with Crippen molar-refractivity contribution in [3.63, 3.8) is 0 Å². The lowest BCUT2D eigenvalue weighted by Gasteiger charge is -2.27. The summed E-state index contributed by atoms with van der Waals surface area (Å²) in [6, 6.07) is 7.22. The fourth-order valence-corrected chi connectivity index (χ4v) is 3.74. The van der Waals surface area contributed by atoms with Gasteiger partial charge in [-0.05, 0) is 42.3 Å². The molecule has 1 aromatic heterocycles. The first-order valence-corrected chi connectivity index (χ1v) is 8.36. The predicted octanol–water partition coefficient (Wildman–Crippen LogP) is 3.96. The van der Waals surface area contributed by atoms with Crippen LogP contribution in [0.15, 0.2) is 53.8 Å². The Morgan fingerprint density at radius 2 is 1.77 bits per heavy atom. The van der Waals surface area contributed by atoms with E-state index in [-0.39, 0.29) is 10.7 Å². The number of amidine groups is 1. The monoisotopic (exact) mass is 383 g/mol. The van der Waals surface area contributed by atoms with E-state index in [2.05, 4.69) is 15.3 Å². The Bertz CT molecular complexity index is 839. The number of aromatic nitrogens is 1. The second-order valence-electron chi connectivity index (χ2n) is 5.63. The van der Waals surface area contributed by atoms with Crippen molar-refractivity contribution in [1.29, 1.82) is 0 Å². The Morgan fingerprint density at radius 3 is 2.35 bits per heavy atom. The van der Waals surface area contributed by atoms with Gasteiger partial charge in [-0.3, -0.25) is 14.8 Å². The molecule has 1 amide bonds. The highest BCUT2D eigenvalue weighted by molar-refractivity contribution is 8.16. The SMILES string of the molecule is C[C@H](N=C1NC(=O)C(c2ccncc2)(C(F)(F)F)S1)c1ccc(F)cc1. The van der Waals surface area contributed by atoms with Gasteiger partial charge in [-0.25, -0.2) is 4.39 Å². The molecule has 136 valence electrons. The molecular formula is C17H13F4N3OS. The number of hydrogen-bond donors (Lipinski definition) is 1. The summed E-state index contributed by atoms with van der Waals surface area (Å²) in [5.74, 6) is -1.63. The third kappa shape index (κ3) is 3.18. The third-order valence-electron chi connectivity index (χ3n) is 3.94. The molecule has 1 aliphatic heterocycles. The van der Waals surface area contributed by atoms with Crippen LogP contribution < -0.4 is 5.32 Å². The fraction of sp³-hybridized carbons (Fsp3) is 0.235. The summed E-state index contributed by atoms with van der Waals surface area (Å²) < 4.78 is 51.7. The fourth-order valence-electron chi connectivity index (χ4n) is 2.58. The molecule has 1 saturated heterocycles. The van der Waals surface area contributed by atoms with Crippen LogP contribution in [0.1, 0.15) is 24.1 Å². The van der Waals surface area contributed by atoms with Crippen LogP contribution in [-0.2, 0) is 9.54 Å². The lowest BCUT2D eigenvalue weighted by Crippen LogP contribution is -2.46. The number of nitrogens with one attached hydrogen (secondary N) is 1. The number of thioether (sulfide) groups is 1. The summed E-state index contributed by atoms with van der Waals surface area (Å²) in [5, 5.41) is 2.08. The van der Waals surface area contributed by atoms with Crippen molar-refractivity contribution >= 4 is 22.8 Å². The Kier molecular flexibility index (Phi) is 4.74. The van der Waals surface area contributed by atoms with Gasteiger partial charge in [-0.15, -0.1) is 0 Å². The average Bonchev–Trinajstić information content (AvgIpc) is 2.93. The maximum atomic E-state index is 13.8. The lowest BCUT2D eigenvalue weighted by atomic mass is 9.97. The zero-order valence-corrected chi connectivity index (χ0v) is 14.2. The van der Waals surface area contributed by atoms with Gasteiger partial charge >= 0.3 is 6.18 Å². The summed E-state index contributed by atoms with van der Waals surface area (Å²) >= 11 is 0.315. The van der Waals surface area contributed by atoms with Crippen molar-refractivity contribution in [1.82, 2.24) is 10.3 Å². The summed E-state index contributed by atoms with van der Waals surface area (Å²) in [4.78, 5) is 20.2. The first kappa shape index (κ1) is 18.4. The quantitative estimate of drug-likeness (QED) is 0.817. The molecule has 0 bridgehead atoms. The average molecular weight is 383 g/mol. The number of aliphatic imine (C=N–C) groups is 1. The molecule has 3 rings (SSSR count). The zero-order valence-electron chi connectivity index (χ0n) is 13.4. The van der Waals surface area contributed by atoms with Crippen molar-refractivity contribution in [2.24, 2.45) is 4.99 Å². The van der Waals surface area contributed by atoms with E-state index < -0.39 is 28.7 Å². The number of halogens is 4. The number of nitrogens with zero attached hydrogens (tertiary/aromatic N) is 2. The second-order valence-corrected chi connectivity index (χ2v) is 6.84. The smallest absolute Gasteiger partial charge is 0.304 e. The topological polar surface area (TPSA) is 54.4 Å².